The highest BCUT2D eigenvalue weighted by Gasteiger charge is 2.35. The van der Waals surface area contributed by atoms with Crippen molar-refractivity contribution in [3.63, 3.8) is 0 Å². The van der Waals surface area contributed by atoms with Crippen LogP contribution < -0.4 is 0 Å². The van der Waals surface area contributed by atoms with E-state index in [4.69, 9.17) is 0 Å². The molecule has 0 saturated heterocycles. The van der Waals surface area contributed by atoms with Gasteiger partial charge in [0.05, 0.1) is 15.4 Å². The molecular formula is C15H24N2O7S. The second-order valence-corrected chi connectivity index (χ2v) is 7.84. The fraction of sp³-hybridized carbons (Fsp3) is 0.600. The first kappa shape index (κ1) is 22.9. The standard InChI is InChI=1S/C15H24N2O7S/c1-9(2)7-13(25(22,23)24)14(11(5)6)15(17(20)21)12(10(3)4)8-16(18)19/h7-11H,1-6H3,(H,22,23,24). The van der Waals surface area contributed by atoms with Crippen molar-refractivity contribution in [2.45, 2.75) is 41.5 Å². The van der Waals surface area contributed by atoms with E-state index >= 15 is 0 Å². The molecule has 0 rings (SSSR count). The van der Waals surface area contributed by atoms with E-state index in [-0.39, 0.29) is 17.1 Å². The van der Waals surface area contributed by atoms with Crippen LogP contribution in [0, 0.1) is 38.0 Å². The predicted molar refractivity (Wildman–Crippen MR) is 93.2 cm³/mol. The molecule has 0 unspecified atom stereocenters. The molecule has 0 aromatic heterocycles. The smallest absolute Gasteiger partial charge is 0.282 e. The maximum atomic E-state index is 11.8. The second kappa shape index (κ2) is 8.86. The van der Waals surface area contributed by atoms with Crippen LogP contribution in [-0.2, 0) is 10.1 Å². The molecule has 142 valence electrons. The van der Waals surface area contributed by atoms with Gasteiger partial charge in [-0.3, -0.25) is 24.8 Å². The summed E-state index contributed by atoms with van der Waals surface area (Å²) in [6, 6.07) is 0. The van der Waals surface area contributed by atoms with E-state index in [0.717, 1.165) is 0 Å². The van der Waals surface area contributed by atoms with Crippen LogP contribution >= 0.6 is 0 Å². The van der Waals surface area contributed by atoms with Gasteiger partial charge in [0.1, 0.15) is 10.5 Å². The number of allylic oxidation sites excluding steroid dienone is 3. The van der Waals surface area contributed by atoms with E-state index in [0.29, 0.717) is 6.20 Å². The number of rotatable bonds is 8. The molecule has 10 heteroatoms. The summed E-state index contributed by atoms with van der Waals surface area (Å²) >= 11 is 0. The largest absolute Gasteiger partial charge is 0.294 e. The highest BCUT2D eigenvalue weighted by molar-refractivity contribution is 7.90. The number of hydrogen-bond donors (Lipinski definition) is 1. The fourth-order valence-electron chi connectivity index (χ4n) is 2.25. The maximum Gasteiger partial charge on any atom is 0.294 e. The Morgan fingerprint density at radius 1 is 1.00 bits per heavy atom. The molecule has 0 spiro atoms. The highest BCUT2D eigenvalue weighted by atomic mass is 32.2. The van der Waals surface area contributed by atoms with Crippen molar-refractivity contribution in [3.05, 3.63) is 54.3 Å². The molecule has 0 aliphatic carbocycles. The molecule has 0 heterocycles. The Morgan fingerprint density at radius 3 is 1.72 bits per heavy atom. The number of nitro groups is 2. The molecule has 0 aromatic carbocycles. The summed E-state index contributed by atoms with van der Waals surface area (Å²) in [7, 11) is -4.77. The zero-order valence-electron chi connectivity index (χ0n) is 15.1. The van der Waals surface area contributed by atoms with Gasteiger partial charge in [0.15, 0.2) is 0 Å². The zero-order valence-corrected chi connectivity index (χ0v) is 15.9. The quantitative estimate of drug-likeness (QED) is 0.296. The number of nitrogens with zero attached hydrogens (tertiary/aromatic N) is 2. The third kappa shape index (κ3) is 6.75. The topological polar surface area (TPSA) is 141 Å². The van der Waals surface area contributed by atoms with Crippen molar-refractivity contribution in [1.82, 2.24) is 0 Å². The average molecular weight is 376 g/mol. The van der Waals surface area contributed by atoms with E-state index in [9.17, 15) is 33.2 Å². The monoisotopic (exact) mass is 376 g/mol. The summed E-state index contributed by atoms with van der Waals surface area (Å²) in [5.74, 6) is -1.62. The first-order chi connectivity index (χ1) is 11.2. The molecule has 0 aliphatic heterocycles. The van der Waals surface area contributed by atoms with Crippen LogP contribution in [-0.4, -0.2) is 22.8 Å². The molecule has 0 radical (unpaired) electrons. The Kier molecular flexibility index (Phi) is 8.13. The van der Waals surface area contributed by atoms with Crippen molar-refractivity contribution in [3.8, 4) is 0 Å². The summed E-state index contributed by atoms with van der Waals surface area (Å²) in [5.41, 5.74) is -1.16. The van der Waals surface area contributed by atoms with Crippen LogP contribution in [0.5, 0.6) is 0 Å². The van der Waals surface area contributed by atoms with Crippen molar-refractivity contribution >= 4 is 10.1 Å². The summed E-state index contributed by atoms with van der Waals surface area (Å²) < 4.78 is 33.2. The van der Waals surface area contributed by atoms with Crippen LogP contribution in [0.2, 0.25) is 0 Å². The normalized spacial score (nSPS) is 15.0. The lowest BCUT2D eigenvalue weighted by Crippen LogP contribution is -2.19. The minimum Gasteiger partial charge on any atom is -0.282 e. The molecule has 0 fully saturated rings. The molecule has 0 aliphatic rings. The van der Waals surface area contributed by atoms with Gasteiger partial charge in [0.2, 0.25) is 6.20 Å². The lowest BCUT2D eigenvalue weighted by Gasteiger charge is -2.17. The van der Waals surface area contributed by atoms with E-state index in [2.05, 4.69) is 0 Å². The average Bonchev–Trinajstić information content (AvgIpc) is 2.37. The molecule has 1 N–H and O–H groups in total. The maximum absolute atomic E-state index is 11.8. The minimum absolute atomic E-state index is 0.225. The first-order valence-corrected chi connectivity index (χ1v) is 9.07. The van der Waals surface area contributed by atoms with Crippen LogP contribution in [0.25, 0.3) is 0 Å². The molecule has 25 heavy (non-hydrogen) atoms. The zero-order chi connectivity index (χ0) is 20.1. The van der Waals surface area contributed by atoms with E-state index in [1.54, 1.807) is 13.8 Å². The van der Waals surface area contributed by atoms with Gasteiger partial charge in [0, 0.05) is 0 Å². The second-order valence-electron chi connectivity index (χ2n) is 6.45. The van der Waals surface area contributed by atoms with E-state index in [1.165, 1.54) is 33.8 Å². The van der Waals surface area contributed by atoms with Crippen LogP contribution in [0.4, 0.5) is 0 Å². The molecule has 9 nitrogen and oxygen atoms in total. The Bertz CT molecular complexity index is 729. The van der Waals surface area contributed by atoms with Crippen molar-refractivity contribution in [2.24, 2.45) is 17.8 Å². The van der Waals surface area contributed by atoms with Gasteiger partial charge in [-0.05, 0) is 17.8 Å². The van der Waals surface area contributed by atoms with Gasteiger partial charge in [-0.1, -0.05) is 47.6 Å². The molecule has 0 atom stereocenters. The van der Waals surface area contributed by atoms with E-state index < -0.39 is 42.4 Å². The third-order valence-electron chi connectivity index (χ3n) is 3.18. The first-order valence-electron chi connectivity index (χ1n) is 7.63. The third-order valence-corrected chi connectivity index (χ3v) is 4.09. The predicted octanol–water partition coefficient (Wildman–Crippen LogP) is 3.42. The Morgan fingerprint density at radius 2 is 1.48 bits per heavy atom. The Balaban J connectivity index is 7.23. The SMILES string of the molecule is CC(C)C=C(C(=C(C(=C[N+](=O)[O-])C(C)C)[N+](=O)[O-])C(C)C)S(=O)(=O)O. The lowest BCUT2D eigenvalue weighted by molar-refractivity contribution is -0.429. The van der Waals surface area contributed by atoms with Gasteiger partial charge in [0.25, 0.3) is 15.8 Å². The summed E-state index contributed by atoms with van der Waals surface area (Å²) in [6.07, 6.45) is 1.69. The summed E-state index contributed by atoms with van der Waals surface area (Å²) in [4.78, 5) is 20.3. The van der Waals surface area contributed by atoms with E-state index in [1.807, 2.05) is 0 Å². The fourth-order valence-corrected chi connectivity index (χ4v) is 3.30. The Labute approximate surface area is 147 Å². The van der Waals surface area contributed by atoms with Crippen LogP contribution in [0.3, 0.4) is 0 Å². The summed E-state index contributed by atoms with van der Waals surface area (Å²) in [6.45, 7) is 9.37. The molecule has 0 aromatic rings. The Hall–Kier alpha value is -2.07. The minimum atomic E-state index is -4.77. The van der Waals surface area contributed by atoms with Crippen LogP contribution in [0.1, 0.15) is 41.5 Å². The summed E-state index contributed by atoms with van der Waals surface area (Å²) in [5, 5.41) is 22.6. The van der Waals surface area contributed by atoms with Crippen molar-refractivity contribution in [2.75, 3.05) is 0 Å². The molecule has 0 amide bonds. The molecule has 0 saturated carbocycles. The lowest BCUT2D eigenvalue weighted by atomic mass is 9.91. The van der Waals surface area contributed by atoms with Crippen molar-refractivity contribution in [1.29, 1.82) is 0 Å². The van der Waals surface area contributed by atoms with Crippen LogP contribution in [0.15, 0.2) is 34.0 Å². The molecule has 0 bridgehead atoms. The highest BCUT2D eigenvalue weighted by Crippen LogP contribution is 2.34. The van der Waals surface area contributed by atoms with Gasteiger partial charge in [-0.25, -0.2) is 0 Å². The van der Waals surface area contributed by atoms with Gasteiger partial charge in [-0.15, -0.1) is 0 Å². The van der Waals surface area contributed by atoms with Crippen molar-refractivity contribution < 1.29 is 22.8 Å². The molecular weight excluding hydrogens is 352 g/mol. The van der Waals surface area contributed by atoms with Gasteiger partial charge < -0.3 is 0 Å². The number of hydrogen-bond acceptors (Lipinski definition) is 6. The van der Waals surface area contributed by atoms with Gasteiger partial charge in [-0.2, -0.15) is 8.42 Å². The van der Waals surface area contributed by atoms with Gasteiger partial charge >= 0.3 is 0 Å².